The topological polar surface area (TPSA) is 52.7 Å². The van der Waals surface area contributed by atoms with Crippen LogP contribution < -0.4 is 5.56 Å². The predicted molar refractivity (Wildman–Crippen MR) is 107 cm³/mol. The van der Waals surface area contributed by atoms with Crippen molar-refractivity contribution in [2.24, 2.45) is 7.05 Å². The largest absolute Gasteiger partial charge is 0.321 e. The fourth-order valence-corrected chi connectivity index (χ4v) is 3.88. The van der Waals surface area contributed by atoms with E-state index in [1.165, 1.54) is 4.68 Å². The molecule has 3 aromatic rings. The van der Waals surface area contributed by atoms with Gasteiger partial charge in [0.15, 0.2) is 0 Å². The molecule has 0 spiro atoms. The van der Waals surface area contributed by atoms with Gasteiger partial charge in [-0.15, -0.1) is 0 Å². The van der Waals surface area contributed by atoms with Gasteiger partial charge in [-0.2, -0.15) is 5.10 Å². The lowest BCUT2D eigenvalue weighted by Gasteiger charge is -2.16. The SMILES string of the molecule is CCCC(C)n1c(CC)nc2c(-c3ccc(Cl)cc3Cl)nn(C)c(=O)c21. The third-order valence-electron chi connectivity index (χ3n) is 4.60. The lowest BCUT2D eigenvalue weighted by atomic mass is 10.1. The van der Waals surface area contributed by atoms with Crippen LogP contribution >= 0.6 is 23.2 Å². The van der Waals surface area contributed by atoms with Crippen LogP contribution in [0, 0.1) is 0 Å². The molecule has 2 aromatic heterocycles. The maximum atomic E-state index is 12.9. The lowest BCUT2D eigenvalue weighted by Crippen LogP contribution is -2.24. The van der Waals surface area contributed by atoms with E-state index in [-0.39, 0.29) is 11.6 Å². The Kier molecular flexibility index (Phi) is 5.39. The van der Waals surface area contributed by atoms with Crippen LogP contribution in [0.1, 0.15) is 45.5 Å². The minimum atomic E-state index is -0.149. The minimum absolute atomic E-state index is 0.149. The van der Waals surface area contributed by atoms with Gasteiger partial charge >= 0.3 is 0 Å². The quantitative estimate of drug-likeness (QED) is 0.611. The predicted octanol–water partition coefficient (Wildman–Crippen LogP) is 5.03. The highest BCUT2D eigenvalue weighted by Crippen LogP contribution is 2.33. The molecule has 0 N–H and O–H groups in total. The number of fused-ring (bicyclic) bond motifs is 1. The molecular weight excluding hydrogens is 371 g/mol. The maximum absolute atomic E-state index is 12.9. The van der Waals surface area contributed by atoms with Crippen molar-refractivity contribution >= 4 is 34.2 Å². The van der Waals surface area contributed by atoms with Gasteiger partial charge in [-0.3, -0.25) is 4.79 Å². The maximum Gasteiger partial charge on any atom is 0.292 e. The monoisotopic (exact) mass is 392 g/mol. The Bertz CT molecular complexity index is 1020. The Morgan fingerprint density at radius 3 is 2.58 bits per heavy atom. The summed E-state index contributed by atoms with van der Waals surface area (Å²) in [5.74, 6) is 0.886. The van der Waals surface area contributed by atoms with E-state index in [1.807, 2.05) is 13.0 Å². The van der Waals surface area contributed by atoms with E-state index in [0.717, 1.165) is 25.1 Å². The molecule has 0 aliphatic heterocycles. The molecule has 1 atom stereocenters. The molecule has 138 valence electrons. The molecule has 7 heteroatoms. The first-order chi connectivity index (χ1) is 12.4. The first kappa shape index (κ1) is 18.9. The van der Waals surface area contributed by atoms with Gasteiger partial charge in [0.2, 0.25) is 0 Å². The number of aryl methyl sites for hydroxylation is 2. The number of hydrogen-bond donors (Lipinski definition) is 0. The van der Waals surface area contributed by atoms with Crippen molar-refractivity contribution in [2.45, 2.75) is 46.1 Å². The number of benzene rings is 1. The molecule has 3 rings (SSSR count). The van der Waals surface area contributed by atoms with Gasteiger partial charge < -0.3 is 4.57 Å². The highest BCUT2D eigenvalue weighted by Gasteiger charge is 2.23. The highest BCUT2D eigenvalue weighted by molar-refractivity contribution is 6.36. The molecule has 26 heavy (non-hydrogen) atoms. The number of aromatic nitrogens is 4. The molecular formula is C19H22Cl2N4O. The molecule has 2 heterocycles. The molecule has 0 aliphatic rings. The van der Waals surface area contributed by atoms with Crippen molar-refractivity contribution in [3.63, 3.8) is 0 Å². The fraction of sp³-hybridized carbons (Fsp3) is 0.421. The summed E-state index contributed by atoms with van der Waals surface area (Å²) in [7, 11) is 1.66. The van der Waals surface area contributed by atoms with Crippen molar-refractivity contribution in [1.29, 1.82) is 0 Å². The zero-order valence-electron chi connectivity index (χ0n) is 15.4. The van der Waals surface area contributed by atoms with E-state index in [4.69, 9.17) is 28.2 Å². The van der Waals surface area contributed by atoms with Crippen LogP contribution in [0.3, 0.4) is 0 Å². The summed E-state index contributed by atoms with van der Waals surface area (Å²) < 4.78 is 3.43. The summed E-state index contributed by atoms with van der Waals surface area (Å²) in [5.41, 5.74) is 2.34. The average molecular weight is 393 g/mol. The summed E-state index contributed by atoms with van der Waals surface area (Å²) in [6.07, 6.45) is 2.74. The van der Waals surface area contributed by atoms with Crippen molar-refractivity contribution < 1.29 is 0 Å². The highest BCUT2D eigenvalue weighted by atomic mass is 35.5. The Hall–Kier alpha value is -1.85. The summed E-state index contributed by atoms with van der Waals surface area (Å²) in [6.45, 7) is 6.31. The molecule has 0 fully saturated rings. The third-order valence-corrected chi connectivity index (χ3v) is 5.15. The van der Waals surface area contributed by atoms with Gasteiger partial charge in [0.05, 0.1) is 5.02 Å². The fourth-order valence-electron chi connectivity index (χ4n) is 3.38. The summed E-state index contributed by atoms with van der Waals surface area (Å²) in [6, 6.07) is 5.44. The molecule has 0 saturated carbocycles. The number of imidazole rings is 1. The Morgan fingerprint density at radius 1 is 1.23 bits per heavy atom. The summed E-state index contributed by atoms with van der Waals surface area (Å²) >= 11 is 12.4. The second-order valence-electron chi connectivity index (χ2n) is 6.49. The van der Waals surface area contributed by atoms with Crippen LogP contribution in [0.25, 0.3) is 22.3 Å². The van der Waals surface area contributed by atoms with E-state index in [2.05, 4.69) is 23.5 Å². The normalized spacial score (nSPS) is 12.7. The van der Waals surface area contributed by atoms with Gasteiger partial charge in [0.25, 0.3) is 5.56 Å². The Morgan fingerprint density at radius 2 is 1.96 bits per heavy atom. The average Bonchev–Trinajstić information content (AvgIpc) is 2.99. The van der Waals surface area contributed by atoms with E-state index in [0.29, 0.717) is 32.3 Å². The van der Waals surface area contributed by atoms with Crippen LogP contribution in [-0.2, 0) is 13.5 Å². The van der Waals surface area contributed by atoms with Crippen molar-refractivity contribution in [2.75, 3.05) is 0 Å². The zero-order chi connectivity index (χ0) is 19.0. The van der Waals surface area contributed by atoms with Crippen LogP contribution in [0.2, 0.25) is 10.0 Å². The Labute approximate surface area is 162 Å². The smallest absolute Gasteiger partial charge is 0.292 e. The number of nitrogens with zero attached hydrogens (tertiary/aromatic N) is 4. The van der Waals surface area contributed by atoms with Crippen LogP contribution in [-0.4, -0.2) is 19.3 Å². The third kappa shape index (κ3) is 3.14. The summed E-state index contributed by atoms with van der Waals surface area (Å²) in [4.78, 5) is 17.7. The van der Waals surface area contributed by atoms with E-state index in [9.17, 15) is 4.79 Å². The van der Waals surface area contributed by atoms with Gasteiger partial charge in [0.1, 0.15) is 22.6 Å². The second kappa shape index (κ2) is 7.41. The Balaban J connectivity index is 2.40. The van der Waals surface area contributed by atoms with Crippen LogP contribution in [0.5, 0.6) is 0 Å². The standard InChI is InChI=1S/C19H22Cl2N4O/c1-5-7-11(3)25-15(6-2)22-17-16(23-24(4)19(26)18(17)25)13-9-8-12(20)10-14(13)21/h8-11H,5-7H2,1-4H3. The second-order valence-corrected chi connectivity index (χ2v) is 7.33. The molecule has 0 bridgehead atoms. The van der Waals surface area contributed by atoms with Gasteiger partial charge in [-0.25, -0.2) is 9.67 Å². The zero-order valence-corrected chi connectivity index (χ0v) is 16.9. The molecule has 1 unspecified atom stereocenters. The van der Waals surface area contributed by atoms with Crippen LogP contribution in [0.4, 0.5) is 0 Å². The van der Waals surface area contributed by atoms with E-state index >= 15 is 0 Å². The van der Waals surface area contributed by atoms with E-state index in [1.54, 1.807) is 19.2 Å². The van der Waals surface area contributed by atoms with E-state index < -0.39 is 0 Å². The van der Waals surface area contributed by atoms with Gasteiger partial charge in [-0.05, 0) is 31.5 Å². The first-order valence-corrected chi connectivity index (χ1v) is 9.58. The lowest BCUT2D eigenvalue weighted by molar-refractivity contribution is 0.493. The van der Waals surface area contributed by atoms with Gasteiger partial charge in [-0.1, -0.05) is 43.5 Å². The van der Waals surface area contributed by atoms with Crippen molar-refractivity contribution in [3.8, 4) is 11.3 Å². The van der Waals surface area contributed by atoms with Crippen LogP contribution in [0.15, 0.2) is 23.0 Å². The molecule has 0 aliphatic carbocycles. The molecule has 1 aromatic carbocycles. The number of halogens is 2. The molecule has 5 nitrogen and oxygen atoms in total. The van der Waals surface area contributed by atoms with Crippen molar-refractivity contribution in [3.05, 3.63) is 44.4 Å². The first-order valence-electron chi connectivity index (χ1n) is 8.82. The van der Waals surface area contributed by atoms with Gasteiger partial charge in [0, 0.05) is 30.1 Å². The van der Waals surface area contributed by atoms with Crippen molar-refractivity contribution in [1.82, 2.24) is 19.3 Å². The minimum Gasteiger partial charge on any atom is -0.321 e. The number of rotatable bonds is 5. The number of hydrogen-bond acceptors (Lipinski definition) is 3. The summed E-state index contributed by atoms with van der Waals surface area (Å²) in [5, 5.41) is 5.49. The molecule has 0 amide bonds. The molecule has 0 radical (unpaired) electrons. The molecule has 0 saturated heterocycles.